The van der Waals surface area contributed by atoms with Crippen molar-refractivity contribution in [3.05, 3.63) is 59.7 Å². The standard InChI is InChI=1S/C15H12N6O2/c1-23-13-2-4-16-7-11(13)10-6-17-21(9-10)12-8-18-20-5-3-14(22)19-15(12)20/h2-9H,1H3,(H,19,22). The zero-order valence-electron chi connectivity index (χ0n) is 12.2. The molecule has 114 valence electrons. The number of nitrogens with zero attached hydrogens (tertiary/aromatic N) is 5. The second kappa shape index (κ2) is 5.09. The van der Waals surface area contributed by atoms with Crippen LogP contribution in [0.1, 0.15) is 0 Å². The third-order valence-electron chi connectivity index (χ3n) is 3.53. The lowest BCUT2D eigenvalue weighted by Gasteiger charge is -2.04. The molecule has 0 amide bonds. The molecule has 0 atom stereocenters. The summed E-state index contributed by atoms with van der Waals surface area (Å²) in [4.78, 5) is 18.4. The molecule has 0 aliphatic heterocycles. The quantitative estimate of drug-likeness (QED) is 0.615. The van der Waals surface area contributed by atoms with Crippen LogP contribution in [-0.2, 0) is 0 Å². The van der Waals surface area contributed by atoms with Crippen molar-refractivity contribution < 1.29 is 4.74 Å². The summed E-state index contributed by atoms with van der Waals surface area (Å²) in [5.41, 5.74) is 2.75. The third-order valence-corrected chi connectivity index (χ3v) is 3.53. The van der Waals surface area contributed by atoms with Gasteiger partial charge in [-0.05, 0) is 6.07 Å². The molecule has 0 fully saturated rings. The Labute approximate surface area is 130 Å². The van der Waals surface area contributed by atoms with E-state index in [9.17, 15) is 4.79 Å². The highest BCUT2D eigenvalue weighted by Gasteiger charge is 2.12. The molecule has 4 aromatic rings. The van der Waals surface area contributed by atoms with E-state index in [1.54, 1.807) is 53.4 Å². The monoisotopic (exact) mass is 308 g/mol. The summed E-state index contributed by atoms with van der Waals surface area (Å²) in [6.07, 6.45) is 10.2. The van der Waals surface area contributed by atoms with Crippen LogP contribution < -0.4 is 10.3 Å². The lowest BCUT2D eigenvalue weighted by Crippen LogP contribution is -2.07. The topological polar surface area (TPSA) is 90.1 Å². The summed E-state index contributed by atoms with van der Waals surface area (Å²) in [5, 5.41) is 8.55. The van der Waals surface area contributed by atoms with Gasteiger partial charge in [-0.2, -0.15) is 10.2 Å². The van der Waals surface area contributed by atoms with Gasteiger partial charge in [-0.15, -0.1) is 0 Å². The van der Waals surface area contributed by atoms with Crippen LogP contribution in [0.15, 0.2) is 54.1 Å². The van der Waals surface area contributed by atoms with Crippen molar-refractivity contribution in [1.82, 2.24) is 29.4 Å². The number of rotatable bonds is 3. The molecular formula is C15H12N6O2. The first kappa shape index (κ1) is 13.3. The van der Waals surface area contributed by atoms with E-state index in [0.717, 1.165) is 11.1 Å². The lowest BCUT2D eigenvalue weighted by atomic mass is 10.1. The van der Waals surface area contributed by atoms with Gasteiger partial charge in [0, 0.05) is 42.0 Å². The van der Waals surface area contributed by atoms with Crippen LogP contribution in [0.2, 0.25) is 0 Å². The predicted molar refractivity (Wildman–Crippen MR) is 82.7 cm³/mol. The van der Waals surface area contributed by atoms with Crippen LogP contribution in [0, 0.1) is 0 Å². The van der Waals surface area contributed by atoms with Gasteiger partial charge < -0.3 is 9.72 Å². The molecule has 0 saturated heterocycles. The largest absolute Gasteiger partial charge is 0.496 e. The fourth-order valence-electron chi connectivity index (χ4n) is 2.42. The first-order valence-electron chi connectivity index (χ1n) is 6.86. The SMILES string of the molecule is COc1ccncc1-c1cnn(-c2cnn3ccc(=O)[nH]c23)c1. The number of methoxy groups -OCH3 is 1. The Bertz CT molecular complexity index is 1050. The minimum absolute atomic E-state index is 0.194. The summed E-state index contributed by atoms with van der Waals surface area (Å²) < 4.78 is 8.58. The fourth-order valence-corrected chi connectivity index (χ4v) is 2.42. The number of fused-ring (bicyclic) bond motifs is 1. The molecule has 0 aliphatic carbocycles. The van der Waals surface area contributed by atoms with E-state index >= 15 is 0 Å². The van der Waals surface area contributed by atoms with Crippen LogP contribution in [0.25, 0.3) is 22.5 Å². The summed E-state index contributed by atoms with van der Waals surface area (Å²) in [7, 11) is 1.61. The predicted octanol–water partition coefficient (Wildman–Crippen LogP) is 1.28. The molecule has 0 saturated carbocycles. The van der Waals surface area contributed by atoms with E-state index in [-0.39, 0.29) is 5.56 Å². The maximum absolute atomic E-state index is 11.5. The van der Waals surface area contributed by atoms with Crippen LogP contribution in [0.3, 0.4) is 0 Å². The van der Waals surface area contributed by atoms with Crippen molar-refractivity contribution in [2.75, 3.05) is 7.11 Å². The number of pyridine rings is 1. The summed E-state index contributed by atoms with van der Waals surface area (Å²) in [6.45, 7) is 0. The molecule has 0 unspecified atom stereocenters. The molecular weight excluding hydrogens is 296 g/mol. The molecule has 4 rings (SSSR count). The molecule has 0 radical (unpaired) electrons. The minimum atomic E-state index is -0.194. The molecule has 4 heterocycles. The van der Waals surface area contributed by atoms with E-state index in [2.05, 4.69) is 20.2 Å². The van der Waals surface area contributed by atoms with E-state index in [1.807, 2.05) is 6.20 Å². The minimum Gasteiger partial charge on any atom is -0.496 e. The van der Waals surface area contributed by atoms with Gasteiger partial charge in [-0.1, -0.05) is 0 Å². The zero-order valence-corrected chi connectivity index (χ0v) is 12.2. The molecule has 1 N–H and O–H groups in total. The van der Waals surface area contributed by atoms with Crippen molar-refractivity contribution in [2.45, 2.75) is 0 Å². The molecule has 0 aromatic carbocycles. The van der Waals surface area contributed by atoms with Crippen molar-refractivity contribution in [3.63, 3.8) is 0 Å². The average Bonchev–Trinajstić information content (AvgIpc) is 3.21. The average molecular weight is 308 g/mol. The molecule has 0 spiro atoms. The van der Waals surface area contributed by atoms with Crippen LogP contribution in [0.4, 0.5) is 0 Å². The lowest BCUT2D eigenvalue weighted by molar-refractivity contribution is 0.416. The van der Waals surface area contributed by atoms with Crippen LogP contribution in [-0.4, -0.2) is 36.5 Å². The molecule has 8 heteroatoms. The molecule has 23 heavy (non-hydrogen) atoms. The van der Waals surface area contributed by atoms with E-state index < -0.39 is 0 Å². The number of aromatic nitrogens is 6. The third kappa shape index (κ3) is 2.16. The fraction of sp³-hybridized carbons (Fsp3) is 0.0667. The van der Waals surface area contributed by atoms with E-state index in [0.29, 0.717) is 17.1 Å². The second-order valence-electron chi connectivity index (χ2n) is 4.88. The smallest absolute Gasteiger partial charge is 0.251 e. The maximum atomic E-state index is 11.5. The van der Waals surface area contributed by atoms with Gasteiger partial charge in [-0.3, -0.25) is 9.78 Å². The van der Waals surface area contributed by atoms with Crippen molar-refractivity contribution in [3.8, 4) is 22.6 Å². The number of hydrogen-bond acceptors (Lipinski definition) is 5. The first-order chi connectivity index (χ1) is 11.3. The number of aromatic amines is 1. The number of H-pyrrole nitrogens is 1. The summed E-state index contributed by atoms with van der Waals surface area (Å²) >= 11 is 0. The highest BCUT2D eigenvalue weighted by atomic mass is 16.5. The Morgan fingerprint density at radius 2 is 2.09 bits per heavy atom. The van der Waals surface area contributed by atoms with E-state index in [1.165, 1.54) is 6.07 Å². The molecule has 0 aliphatic rings. The first-order valence-corrected chi connectivity index (χ1v) is 6.86. The van der Waals surface area contributed by atoms with Crippen molar-refractivity contribution in [2.24, 2.45) is 0 Å². The van der Waals surface area contributed by atoms with Gasteiger partial charge in [-0.25, -0.2) is 9.20 Å². The van der Waals surface area contributed by atoms with E-state index in [4.69, 9.17) is 4.74 Å². The van der Waals surface area contributed by atoms with Gasteiger partial charge in [0.25, 0.3) is 5.56 Å². The Morgan fingerprint density at radius 1 is 1.17 bits per heavy atom. The van der Waals surface area contributed by atoms with Crippen LogP contribution >= 0.6 is 0 Å². The zero-order chi connectivity index (χ0) is 15.8. The second-order valence-corrected chi connectivity index (χ2v) is 4.88. The van der Waals surface area contributed by atoms with Gasteiger partial charge in [0.05, 0.1) is 19.5 Å². The number of ether oxygens (including phenoxy) is 1. The Kier molecular flexibility index (Phi) is 2.94. The Balaban J connectivity index is 1.84. The van der Waals surface area contributed by atoms with Crippen LogP contribution in [0.5, 0.6) is 5.75 Å². The normalized spacial score (nSPS) is 11.0. The maximum Gasteiger partial charge on any atom is 0.251 e. The van der Waals surface area contributed by atoms with Crippen molar-refractivity contribution >= 4 is 5.65 Å². The molecule has 4 aromatic heterocycles. The highest BCUT2D eigenvalue weighted by Crippen LogP contribution is 2.28. The van der Waals surface area contributed by atoms with Gasteiger partial charge >= 0.3 is 0 Å². The number of nitrogens with one attached hydrogen (secondary N) is 1. The molecule has 0 bridgehead atoms. The molecule has 8 nitrogen and oxygen atoms in total. The summed E-state index contributed by atoms with van der Waals surface area (Å²) in [6, 6.07) is 3.21. The Hall–Kier alpha value is -3.42. The Morgan fingerprint density at radius 3 is 2.96 bits per heavy atom. The van der Waals surface area contributed by atoms with Gasteiger partial charge in [0.15, 0.2) is 5.65 Å². The summed E-state index contributed by atoms with van der Waals surface area (Å²) in [5.74, 6) is 0.716. The number of hydrogen-bond donors (Lipinski definition) is 1. The van der Waals surface area contributed by atoms with Gasteiger partial charge in [0.1, 0.15) is 11.4 Å². The van der Waals surface area contributed by atoms with Crippen molar-refractivity contribution in [1.29, 1.82) is 0 Å². The highest BCUT2D eigenvalue weighted by molar-refractivity contribution is 5.69. The van der Waals surface area contributed by atoms with Gasteiger partial charge in [0.2, 0.25) is 0 Å².